The van der Waals surface area contributed by atoms with Gasteiger partial charge in [0.15, 0.2) is 5.96 Å². The SMILES string of the molecule is CN=C(NCc1ccccc1)NCc1ccc(Br)cc1. The molecular formula is C16H18BrN3. The zero-order valence-corrected chi connectivity index (χ0v) is 13.0. The Morgan fingerprint density at radius 3 is 2.00 bits per heavy atom. The van der Waals surface area contributed by atoms with Gasteiger partial charge in [-0.05, 0) is 23.3 Å². The van der Waals surface area contributed by atoms with Crippen LogP contribution in [0.3, 0.4) is 0 Å². The first-order chi connectivity index (χ1) is 9.78. The van der Waals surface area contributed by atoms with Crippen molar-refractivity contribution in [2.75, 3.05) is 7.05 Å². The summed E-state index contributed by atoms with van der Waals surface area (Å²) in [4.78, 5) is 4.22. The summed E-state index contributed by atoms with van der Waals surface area (Å²) in [6.07, 6.45) is 0. The fourth-order valence-electron chi connectivity index (χ4n) is 1.79. The summed E-state index contributed by atoms with van der Waals surface area (Å²) in [6, 6.07) is 18.5. The molecular weight excluding hydrogens is 314 g/mol. The maximum atomic E-state index is 4.22. The minimum Gasteiger partial charge on any atom is -0.352 e. The molecule has 0 atom stereocenters. The molecule has 0 saturated heterocycles. The molecule has 0 amide bonds. The van der Waals surface area contributed by atoms with Gasteiger partial charge in [-0.2, -0.15) is 0 Å². The molecule has 104 valence electrons. The van der Waals surface area contributed by atoms with E-state index in [1.54, 1.807) is 7.05 Å². The Morgan fingerprint density at radius 1 is 0.900 bits per heavy atom. The molecule has 0 aromatic heterocycles. The van der Waals surface area contributed by atoms with E-state index < -0.39 is 0 Å². The molecule has 0 spiro atoms. The van der Waals surface area contributed by atoms with Gasteiger partial charge in [-0.25, -0.2) is 0 Å². The molecule has 0 unspecified atom stereocenters. The van der Waals surface area contributed by atoms with Gasteiger partial charge in [0.2, 0.25) is 0 Å². The van der Waals surface area contributed by atoms with E-state index in [0.717, 1.165) is 23.5 Å². The van der Waals surface area contributed by atoms with Crippen LogP contribution in [0.5, 0.6) is 0 Å². The van der Waals surface area contributed by atoms with Gasteiger partial charge in [0.05, 0.1) is 0 Å². The summed E-state index contributed by atoms with van der Waals surface area (Å²) in [5.74, 6) is 0.803. The Labute approximate surface area is 128 Å². The summed E-state index contributed by atoms with van der Waals surface area (Å²) in [5.41, 5.74) is 2.45. The van der Waals surface area contributed by atoms with Crippen molar-refractivity contribution < 1.29 is 0 Å². The van der Waals surface area contributed by atoms with E-state index in [-0.39, 0.29) is 0 Å². The topological polar surface area (TPSA) is 36.4 Å². The van der Waals surface area contributed by atoms with Crippen molar-refractivity contribution in [3.05, 3.63) is 70.2 Å². The van der Waals surface area contributed by atoms with E-state index in [1.807, 2.05) is 30.3 Å². The van der Waals surface area contributed by atoms with Crippen LogP contribution >= 0.6 is 15.9 Å². The zero-order chi connectivity index (χ0) is 14.2. The van der Waals surface area contributed by atoms with Crippen molar-refractivity contribution in [1.29, 1.82) is 0 Å². The average Bonchev–Trinajstić information content (AvgIpc) is 2.50. The lowest BCUT2D eigenvalue weighted by Gasteiger charge is -2.12. The Bertz CT molecular complexity index is 550. The number of guanidine groups is 1. The number of rotatable bonds is 4. The lowest BCUT2D eigenvalue weighted by Crippen LogP contribution is -2.36. The molecule has 4 heteroatoms. The third kappa shape index (κ3) is 4.70. The van der Waals surface area contributed by atoms with Crippen LogP contribution in [0.4, 0.5) is 0 Å². The Morgan fingerprint density at radius 2 is 1.45 bits per heavy atom. The highest BCUT2D eigenvalue weighted by Gasteiger charge is 1.98. The number of halogens is 1. The van der Waals surface area contributed by atoms with Crippen molar-refractivity contribution in [2.24, 2.45) is 4.99 Å². The third-order valence-electron chi connectivity index (χ3n) is 2.90. The number of hydrogen-bond acceptors (Lipinski definition) is 1. The minimum atomic E-state index is 0.752. The maximum absolute atomic E-state index is 4.22. The van der Waals surface area contributed by atoms with Crippen molar-refractivity contribution in [2.45, 2.75) is 13.1 Å². The molecule has 2 N–H and O–H groups in total. The molecule has 3 nitrogen and oxygen atoms in total. The van der Waals surface area contributed by atoms with Gasteiger partial charge in [0.25, 0.3) is 0 Å². The molecule has 0 bridgehead atoms. The quantitative estimate of drug-likeness (QED) is 0.666. The van der Waals surface area contributed by atoms with Gasteiger partial charge in [0, 0.05) is 24.6 Å². The highest BCUT2D eigenvalue weighted by atomic mass is 79.9. The Kier molecular flexibility index (Phi) is 5.62. The van der Waals surface area contributed by atoms with Crippen LogP contribution in [0.25, 0.3) is 0 Å². The molecule has 0 aliphatic carbocycles. The molecule has 2 aromatic rings. The first kappa shape index (κ1) is 14.6. The molecule has 20 heavy (non-hydrogen) atoms. The second-order valence-electron chi connectivity index (χ2n) is 4.39. The first-order valence-corrected chi connectivity index (χ1v) is 7.30. The van der Waals surface area contributed by atoms with Crippen molar-refractivity contribution in [3.63, 3.8) is 0 Å². The fourth-order valence-corrected chi connectivity index (χ4v) is 2.05. The Balaban J connectivity index is 1.82. The molecule has 0 fully saturated rings. The molecule has 0 aliphatic rings. The Hall–Kier alpha value is -1.81. The highest BCUT2D eigenvalue weighted by Crippen LogP contribution is 2.10. The van der Waals surface area contributed by atoms with Crippen LogP contribution in [-0.2, 0) is 13.1 Å². The molecule has 2 aromatic carbocycles. The second kappa shape index (κ2) is 7.70. The summed E-state index contributed by atoms with van der Waals surface area (Å²) in [6.45, 7) is 1.52. The minimum absolute atomic E-state index is 0.752. The van der Waals surface area contributed by atoms with Gasteiger partial charge < -0.3 is 10.6 Å². The lowest BCUT2D eigenvalue weighted by molar-refractivity contribution is 0.809. The van der Waals surface area contributed by atoms with Gasteiger partial charge in [-0.15, -0.1) is 0 Å². The third-order valence-corrected chi connectivity index (χ3v) is 3.43. The van der Waals surface area contributed by atoms with Gasteiger partial charge in [-0.1, -0.05) is 58.4 Å². The highest BCUT2D eigenvalue weighted by molar-refractivity contribution is 9.10. The maximum Gasteiger partial charge on any atom is 0.191 e. The van der Waals surface area contributed by atoms with E-state index in [0.29, 0.717) is 0 Å². The summed E-state index contributed by atoms with van der Waals surface area (Å²) in [7, 11) is 1.78. The van der Waals surface area contributed by atoms with Crippen LogP contribution in [-0.4, -0.2) is 13.0 Å². The van der Waals surface area contributed by atoms with Crippen LogP contribution < -0.4 is 10.6 Å². The van der Waals surface area contributed by atoms with E-state index in [2.05, 4.69) is 55.8 Å². The van der Waals surface area contributed by atoms with Crippen LogP contribution in [0, 0.1) is 0 Å². The fraction of sp³-hybridized carbons (Fsp3) is 0.188. The normalized spacial score (nSPS) is 11.2. The summed E-state index contributed by atoms with van der Waals surface area (Å²) in [5, 5.41) is 6.60. The van der Waals surface area contributed by atoms with Crippen LogP contribution in [0.1, 0.15) is 11.1 Å². The average molecular weight is 332 g/mol. The monoisotopic (exact) mass is 331 g/mol. The summed E-state index contributed by atoms with van der Waals surface area (Å²) >= 11 is 3.43. The number of benzene rings is 2. The van der Waals surface area contributed by atoms with Gasteiger partial charge in [-0.3, -0.25) is 4.99 Å². The predicted molar refractivity (Wildman–Crippen MR) is 87.6 cm³/mol. The number of hydrogen-bond donors (Lipinski definition) is 2. The lowest BCUT2D eigenvalue weighted by atomic mass is 10.2. The number of aliphatic imine (C=N–C) groups is 1. The molecule has 2 rings (SSSR count). The smallest absolute Gasteiger partial charge is 0.191 e. The first-order valence-electron chi connectivity index (χ1n) is 6.51. The largest absolute Gasteiger partial charge is 0.352 e. The summed E-state index contributed by atoms with van der Waals surface area (Å²) < 4.78 is 1.09. The molecule has 0 radical (unpaired) electrons. The number of nitrogens with one attached hydrogen (secondary N) is 2. The van der Waals surface area contributed by atoms with Crippen LogP contribution in [0.2, 0.25) is 0 Å². The molecule has 0 aliphatic heterocycles. The van der Waals surface area contributed by atoms with Crippen molar-refractivity contribution in [1.82, 2.24) is 10.6 Å². The molecule has 0 heterocycles. The second-order valence-corrected chi connectivity index (χ2v) is 5.31. The van der Waals surface area contributed by atoms with E-state index in [4.69, 9.17) is 0 Å². The van der Waals surface area contributed by atoms with Crippen LogP contribution in [0.15, 0.2) is 64.1 Å². The van der Waals surface area contributed by atoms with E-state index >= 15 is 0 Å². The van der Waals surface area contributed by atoms with E-state index in [9.17, 15) is 0 Å². The standard InChI is InChI=1S/C16H18BrN3/c1-18-16(19-11-13-5-3-2-4-6-13)20-12-14-7-9-15(17)10-8-14/h2-10H,11-12H2,1H3,(H2,18,19,20). The number of nitrogens with zero attached hydrogens (tertiary/aromatic N) is 1. The zero-order valence-electron chi connectivity index (χ0n) is 11.4. The van der Waals surface area contributed by atoms with Gasteiger partial charge in [0.1, 0.15) is 0 Å². The van der Waals surface area contributed by atoms with Crippen molar-refractivity contribution >= 4 is 21.9 Å². The predicted octanol–water partition coefficient (Wildman–Crippen LogP) is 3.31. The van der Waals surface area contributed by atoms with Gasteiger partial charge >= 0.3 is 0 Å². The van der Waals surface area contributed by atoms with Crippen molar-refractivity contribution in [3.8, 4) is 0 Å². The van der Waals surface area contributed by atoms with E-state index in [1.165, 1.54) is 11.1 Å². The molecule has 0 saturated carbocycles.